The predicted octanol–water partition coefficient (Wildman–Crippen LogP) is 5.81. The van der Waals surface area contributed by atoms with Crippen LogP contribution in [0.1, 0.15) is 0 Å². The first-order chi connectivity index (χ1) is 9.56. The molecule has 3 aromatic carbocycles. The van der Waals surface area contributed by atoms with Crippen LogP contribution in [0.15, 0.2) is 70.0 Å². The van der Waals surface area contributed by atoms with Crippen molar-refractivity contribution in [2.24, 2.45) is 0 Å². The van der Waals surface area contributed by atoms with E-state index in [1.165, 1.54) is 5.39 Å². The van der Waals surface area contributed by atoms with Crippen molar-refractivity contribution in [2.45, 2.75) is 4.90 Å². The third-order valence-corrected chi connectivity index (χ3v) is 3.60. The predicted molar refractivity (Wildman–Crippen MR) is 94.8 cm³/mol. The van der Waals surface area contributed by atoms with Gasteiger partial charge in [-0.25, -0.2) is 0 Å². The fraction of sp³-hybridized carbons (Fsp3) is 0. The molecule has 0 aliphatic rings. The molecule has 0 amide bonds. The topological polar surface area (TPSA) is 26.0 Å². The Morgan fingerprint density at radius 3 is 2.30 bits per heavy atom. The average molecular weight is 367 g/mol. The van der Waals surface area contributed by atoms with Crippen molar-refractivity contribution in [3.63, 3.8) is 0 Å². The minimum atomic E-state index is 0.703. The van der Waals surface area contributed by atoms with Crippen LogP contribution in [0.3, 0.4) is 0 Å². The van der Waals surface area contributed by atoms with Crippen molar-refractivity contribution in [3.05, 3.63) is 70.2 Å². The number of halogens is 2. The Kier molecular flexibility index (Phi) is 5.35. The second kappa shape index (κ2) is 7.02. The second-order valence-corrected chi connectivity index (χ2v) is 6.06. The van der Waals surface area contributed by atoms with Crippen molar-refractivity contribution in [3.8, 4) is 0 Å². The Morgan fingerprint density at radius 1 is 0.950 bits per heavy atom. The lowest BCUT2D eigenvalue weighted by Gasteiger charge is -1.98. The van der Waals surface area contributed by atoms with Gasteiger partial charge in [-0.05, 0) is 29.7 Å². The van der Waals surface area contributed by atoms with E-state index in [-0.39, 0.29) is 0 Å². The number of thiol groups is 1. The number of hydrogen-bond acceptors (Lipinski definition) is 2. The Balaban J connectivity index is 0.000000151. The van der Waals surface area contributed by atoms with E-state index in [0.29, 0.717) is 5.02 Å². The third kappa shape index (κ3) is 4.17. The van der Waals surface area contributed by atoms with Gasteiger partial charge in [0.25, 0.3) is 0 Å². The number of anilines is 1. The maximum Gasteiger partial charge on any atom is 0.0428 e. The van der Waals surface area contributed by atoms with Gasteiger partial charge in [0.2, 0.25) is 0 Å². The minimum Gasteiger partial charge on any atom is -0.398 e. The van der Waals surface area contributed by atoms with Gasteiger partial charge in [-0.3, -0.25) is 0 Å². The van der Waals surface area contributed by atoms with Gasteiger partial charge >= 0.3 is 0 Å². The van der Waals surface area contributed by atoms with Crippen LogP contribution in [0.25, 0.3) is 10.8 Å². The summed E-state index contributed by atoms with van der Waals surface area (Å²) in [5.41, 5.74) is 6.61. The molecule has 3 rings (SSSR count). The van der Waals surface area contributed by atoms with Crippen LogP contribution in [0, 0.1) is 0 Å². The number of rotatable bonds is 0. The van der Waals surface area contributed by atoms with Crippen LogP contribution in [0.4, 0.5) is 5.69 Å². The van der Waals surface area contributed by atoms with Gasteiger partial charge < -0.3 is 5.73 Å². The van der Waals surface area contributed by atoms with Crippen LogP contribution >= 0.6 is 40.2 Å². The maximum atomic E-state index is 5.76. The third-order valence-electron chi connectivity index (χ3n) is 2.67. The normalized spacial score (nSPS) is 9.95. The summed E-state index contributed by atoms with van der Waals surface area (Å²) in [5.74, 6) is 0. The second-order valence-electron chi connectivity index (χ2n) is 4.20. The summed E-state index contributed by atoms with van der Waals surface area (Å²) >= 11 is 13.1. The van der Waals surface area contributed by atoms with Gasteiger partial charge in [0.05, 0.1) is 0 Å². The van der Waals surface area contributed by atoms with Gasteiger partial charge in [0.15, 0.2) is 0 Å². The fourth-order valence-corrected chi connectivity index (χ4v) is 3.18. The Bertz CT molecular complexity index is 675. The molecule has 0 saturated heterocycles. The molecule has 0 unspecified atom stereocenters. The summed E-state index contributed by atoms with van der Waals surface area (Å²) in [7, 11) is 0. The monoisotopic (exact) mass is 365 g/mol. The first kappa shape index (κ1) is 15.2. The highest BCUT2D eigenvalue weighted by molar-refractivity contribution is 9.10. The molecule has 2 N–H and O–H groups in total. The average Bonchev–Trinajstić information content (AvgIpc) is 2.38. The van der Waals surface area contributed by atoms with E-state index >= 15 is 0 Å². The molecule has 0 saturated carbocycles. The lowest BCUT2D eigenvalue weighted by molar-refractivity contribution is 1.45. The zero-order chi connectivity index (χ0) is 14.5. The number of hydrogen-bond donors (Lipinski definition) is 2. The van der Waals surface area contributed by atoms with E-state index < -0.39 is 0 Å². The molecule has 0 fully saturated rings. The van der Waals surface area contributed by atoms with E-state index in [4.69, 9.17) is 17.3 Å². The summed E-state index contributed by atoms with van der Waals surface area (Å²) in [6.07, 6.45) is 0. The molecule has 0 bridgehead atoms. The summed E-state index contributed by atoms with van der Waals surface area (Å²) in [6, 6.07) is 19.5. The first-order valence-corrected chi connectivity index (χ1v) is 7.56. The molecule has 0 radical (unpaired) electrons. The van der Waals surface area contributed by atoms with Crippen molar-refractivity contribution in [1.29, 1.82) is 0 Å². The zero-order valence-corrected chi connectivity index (χ0v) is 13.8. The van der Waals surface area contributed by atoms with E-state index in [2.05, 4.69) is 40.7 Å². The number of nitrogen functional groups attached to an aromatic ring is 1. The van der Waals surface area contributed by atoms with Crippen molar-refractivity contribution < 1.29 is 0 Å². The fourth-order valence-electron chi connectivity index (χ4n) is 1.79. The van der Waals surface area contributed by atoms with E-state index in [1.807, 2.05) is 42.5 Å². The summed E-state index contributed by atoms with van der Waals surface area (Å²) in [4.78, 5) is 0.870. The molecule has 20 heavy (non-hydrogen) atoms. The van der Waals surface area contributed by atoms with E-state index in [9.17, 15) is 0 Å². The minimum absolute atomic E-state index is 0.703. The van der Waals surface area contributed by atoms with Crippen LogP contribution in [0.2, 0.25) is 5.02 Å². The van der Waals surface area contributed by atoms with Crippen LogP contribution in [-0.2, 0) is 0 Å². The van der Waals surface area contributed by atoms with E-state index in [1.54, 1.807) is 6.07 Å². The van der Waals surface area contributed by atoms with Crippen molar-refractivity contribution >= 4 is 56.6 Å². The molecule has 1 nitrogen and oxygen atoms in total. The molecule has 0 spiro atoms. The zero-order valence-electron chi connectivity index (χ0n) is 10.6. The standard InChI is InChI=1S/C10H9N.C6H4BrClS/c11-10-7-3-5-8-4-1-2-6-9(8)10;7-4-1-5(8)3-6(9)2-4/h1-7H,11H2;1-3,9H. The molecular weight excluding hydrogens is 354 g/mol. The summed E-state index contributed by atoms with van der Waals surface area (Å²) in [5, 5.41) is 3.04. The van der Waals surface area contributed by atoms with Crippen LogP contribution in [0.5, 0.6) is 0 Å². The van der Waals surface area contributed by atoms with E-state index in [0.717, 1.165) is 20.4 Å². The van der Waals surface area contributed by atoms with Crippen LogP contribution in [-0.4, -0.2) is 0 Å². The maximum absolute atomic E-state index is 5.76. The highest BCUT2D eigenvalue weighted by Gasteiger charge is 1.93. The lowest BCUT2D eigenvalue weighted by Crippen LogP contribution is -1.84. The molecular formula is C16H13BrClNS. The number of nitrogens with two attached hydrogens (primary N) is 1. The molecule has 0 aromatic heterocycles. The summed E-state index contributed by atoms with van der Waals surface area (Å²) < 4.78 is 0.958. The first-order valence-electron chi connectivity index (χ1n) is 5.94. The Hall–Kier alpha value is -1.16. The Labute approximate surface area is 137 Å². The SMILES string of the molecule is Nc1cccc2ccccc12.Sc1cc(Cl)cc(Br)c1. The number of benzene rings is 3. The quantitative estimate of drug-likeness (QED) is 0.381. The Morgan fingerprint density at radius 2 is 1.65 bits per heavy atom. The largest absolute Gasteiger partial charge is 0.398 e. The molecule has 0 aliphatic carbocycles. The van der Waals surface area contributed by atoms with Gasteiger partial charge in [-0.1, -0.05) is 63.9 Å². The molecule has 0 atom stereocenters. The number of fused-ring (bicyclic) bond motifs is 1. The summed E-state index contributed by atoms with van der Waals surface area (Å²) in [6.45, 7) is 0. The van der Waals surface area contributed by atoms with Gasteiger partial charge in [0.1, 0.15) is 0 Å². The van der Waals surface area contributed by atoms with Crippen molar-refractivity contribution in [2.75, 3.05) is 5.73 Å². The highest BCUT2D eigenvalue weighted by Crippen LogP contribution is 2.21. The molecule has 0 heterocycles. The van der Waals surface area contributed by atoms with Gasteiger partial charge in [0, 0.05) is 25.5 Å². The molecule has 4 heteroatoms. The van der Waals surface area contributed by atoms with Gasteiger partial charge in [-0.2, -0.15) is 0 Å². The smallest absolute Gasteiger partial charge is 0.0428 e. The molecule has 102 valence electrons. The molecule has 0 aliphatic heterocycles. The lowest BCUT2D eigenvalue weighted by atomic mass is 10.1. The van der Waals surface area contributed by atoms with Gasteiger partial charge in [-0.15, -0.1) is 12.6 Å². The van der Waals surface area contributed by atoms with Crippen molar-refractivity contribution in [1.82, 2.24) is 0 Å². The van der Waals surface area contributed by atoms with Crippen LogP contribution < -0.4 is 5.73 Å². The highest BCUT2D eigenvalue weighted by atomic mass is 79.9. The molecule has 3 aromatic rings.